The summed E-state index contributed by atoms with van der Waals surface area (Å²) in [5.74, 6) is 6.15. The fourth-order valence-electron chi connectivity index (χ4n) is 6.40. The molecule has 19 heavy (non-hydrogen) atoms. The fraction of sp³-hybridized carbons (Fsp3) is 1.00. The molecule has 0 aliphatic heterocycles. The van der Waals surface area contributed by atoms with Crippen molar-refractivity contribution < 1.29 is 0 Å². The van der Waals surface area contributed by atoms with Crippen LogP contribution in [-0.4, -0.2) is 0 Å². The second-order valence-corrected chi connectivity index (χ2v) is 8.74. The molecule has 0 aromatic rings. The Morgan fingerprint density at radius 3 is 2.42 bits per heavy atom. The summed E-state index contributed by atoms with van der Waals surface area (Å²) < 4.78 is 0. The predicted octanol–water partition coefficient (Wildman–Crippen LogP) is 5.91. The Labute approximate surface area is 120 Å². The average Bonchev–Trinajstić information content (AvgIpc) is 2.38. The van der Waals surface area contributed by atoms with Crippen molar-refractivity contribution in [2.75, 3.05) is 0 Å². The molecule has 0 heterocycles. The molecule has 0 aromatic heterocycles. The monoisotopic (exact) mass is 262 g/mol. The first kappa shape index (κ1) is 14.0. The lowest BCUT2D eigenvalue weighted by atomic mass is 9.47. The van der Waals surface area contributed by atoms with Gasteiger partial charge in [0.25, 0.3) is 0 Å². The molecule has 3 rings (SSSR count). The SMILES string of the molecule is CC(C)[C@H]1CC[C@@H]2[C@@H](CC[C@@H]3[C@@H](C)CCC[C@]23C)C1. The minimum Gasteiger partial charge on any atom is -0.0625 e. The number of hydrogen-bond donors (Lipinski definition) is 0. The van der Waals surface area contributed by atoms with E-state index < -0.39 is 0 Å². The van der Waals surface area contributed by atoms with E-state index in [0.29, 0.717) is 5.41 Å². The summed E-state index contributed by atoms with van der Waals surface area (Å²) in [5, 5.41) is 0. The van der Waals surface area contributed by atoms with Crippen molar-refractivity contribution in [3.63, 3.8) is 0 Å². The number of hydrogen-bond acceptors (Lipinski definition) is 0. The molecule has 0 nitrogen and oxygen atoms in total. The molecule has 3 fully saturated rings. The van der Waals surface area contributed by atoms with Gasteiger partial charge in [0.1, 0.15) is 0 Å². The van der Waals surface area contributed by atoms with Gasteiger partial charge < -0.3 is 0 Å². The van der Waals surface area contributed by atoms with Gasteiger partial charge in [-0.2, -0.15) is 0 Å². The smallest absolute Gasteiger partial charge is 0.0264 e. The topological polar surface area (TPSA) is 0 Å². The lowest BCUT2D eigenvalue weighted by molar-refractivity contribution is -0.0873. The molecule has 0 unspecified atom stereocenters. The maximum absolute atomic E-state index is 2.68. The molecule has 3 aliphatic rings. The quantitative estimate of drug-likeness (QED) is 0.551. The molecule has 0 amide bonds. The normalized spacial score (nSPS) is 50.7. The van der Waals surface area contributed by atoms with E-state index in [-0.39, 0.29) is 0 Å². The summed E-state index contributed by atoms with van der Waals surface area (Å²) >= 11 is 0. The maximum atomic E-state index is 2.68. The Morgan fingerprint density at radius 1 is 0.947 bits per heavy atom. The Hall–Kier alpha value is 0. The summed E-state index contributed by atoms with van der Waals surface area (Å²) in [6.07, 6.45) is 12.3. The maximum Gasteiger partial charge on any atom is -0.0264 e. The first-order valence-corrected chi connectivity index (χ1v) is 9.02. The minimum absolute atomic E-state index is 0.711. The fourth-order valence-corrected chi connectivity index (χ4v) is 6.40. The summed E-state index contributed by atoms with van der Waals surface area (Å²) in [7, 11) is 0. The zero-order valence-corrected chi connectivity index (χ0v) is 13.6. The third-order valence-corrected chi connectivity index (χ3v) is 7.57. The molecule has 0 N–H and O–H groups in total. The van der Waals surface area contributed by atoms with Crippen LogP contribution in [0.3, 0.4) is 0 Å². The Kier molecular flexibility index (Phi) is 3.73. The van der Waals surface area contributed by atoms with Crippen LogP contribution in [0.4, 0.5) is 0 Å². The van der Waals surface area contributed by atoms with Crippen molar-refractivity contribution in [1.82, 2.24) is 0 Å². The van der Waals surface area contributed by atoms with Crippen LogP contribution in [0, 0.1) is 40.9 Å². The van der Waals surface area contributed by atoms with Crippen molar-refractivity contribution in [2.24, 2.45) is 40.9 Å². The van der Waals surface area contributed by atoms with E-state index in [1.807, 2.05) is 0 Å². The molecule has 0 heteroatoms. The molecular formula is C19H34. The van der Waals surface area contributed by atoms with Gasteiger partial charge in [0.05, 0.1) is 0 Å². The summed E-state index contributed by atoms with van der Waals surface area (Å²) in [6, 6.07) is 0. The van der Waals surface area contributed by atoms with E-state index in [1.54, 1.807) is 25.7 Å². The summed E-state index contributed by atoms with van der Waals surface area (Å²) in [5.41, 5.74) is 0.711. The van der Waals surface area contributed by atoms with Crippen molar-refractivity contribution in [3.05, 3.63) is 0 Å². The van der Waals surface area contributed by atoms with Gasteiger partial charge in [0.15, 0.2) is 0 Å². The second kappa shape index (κ2) is 5.08. The Balaban J connectivity index is 1.78. The second-order valence-electron chi connectivity index (χ2n) is 8.74. The lowest BCUT2D eigenvalue weighted by Gasteiger charge is -2.58. The summed E-state index contributed by atoms with van der Waals surface area (Å²) in [6.45, 7) is 10.1. The molecule has 3 saturated carbocycles. The van der Waals surface area contributed by atoms with Crippen LogP contribution in [0.2, 0.25) is 0 Å². The van der Waals surface area contributed by atoms with E-state index in [0.717, 1.165) is 35.5 Å². The molecule has 6 atom stereocenters. The van der Waals surface area contributed by atoms with Gasteiger partial charge in [-0.15, -0.1) is 0 Å². The Morgan fingerprint density at radius 2 is 1.68 bits per heavy atom. The minimum atomic E-state index is 0.711. The zero-order chi connectivity index (χ0) is 13.6. The van der Waals surface area contributed by atoms with Crippen LogP contribution < -0.4 is 0 Å². The molecule has 0 radical (unpaired) electrons. The van der Waals surface area contributed by atoms with Gasteiger partial charge in [0, 0.05) is 0 Å². The predicted molar refractivity (Wildman–Crippen MR) is 83.0 cm³/mol. The molecule has 110 valence electrons. The first-order chi connectivity index (χ1) is 9.02. The zero-order valence-electron chi connectivity index (χ0n) is 13.6. The van der Waals surface area contributed by atoms with Crippen LogP contribution in [0.15, 0.2) is 0 Å². The summed E-state index contributed by atoms with van der Waals surface area (Å²) in [4.78, 5) is 0. The van der Waals surface area contributed by atoms with Crippen molar-refractivity contribution in [3.8, 4) is 0 Å². The van der Waals surface area contributed by atoms with Gasteiger partial charge in [-0.25, -0.2) is 0 Å². The van der Waals surface area contributed by atoms with E-state index >= 15 is 0 Å². The van der Waals surface area contributed by atoms with Crippen molar-refractivity contribution >= 4 is 0 Å². The lowest BCUT2D eigenvalue weighted by Crippen LogP contribution is -2.50. The molecule has 0 spiro atoms. The third-order valence-electron chi connectivity index (χ3n) is 7.57. The van der Waals surface area contributed by atoms with Crippen LogP contribution in [0.5, 0.6) is 0 Å². The van der Waals surface area contributed by atoms with Crippen LogP contribution in [0.1, 0.15) is 79.1 Å². The first-order valence-electron chi connectivity index (χ1n) is 9.02. The van der Waals surface area contributed by atoms with Gasteiger partial charge in [-0.1, -0.05) is 40.5 Å². The highest BCUT2D eigenvalue weighted by Crippen LogP contribution is 2.61. The van der Waals surface area contributed by atoms with E-state index in [4.69, 9.17) is 0 Å². The Bertz CT molecular complexity index is 318. The van der Waals surface area contributed by atoms with Gasteiger partial charge in [-0.3, -0.25) is 0 Å². The van der Waals surface area contributed by atoms with Crippen molar-refractivity contribution in [2.45, 2.75) is 79.1 Å². The van der Waals surface area contributed by atoms with Crippen LogP contribution in [-0.2, 0) is 0 Å². The third kappa shape index (κ3) is 2.28. The van der Waals surface area contributed by atoms with Gasteiger partial charge in [0.2, 0.25) is 0 Å². The molecular weight excluding hydrogens is 228 g/mol. The largest absolute Gasteiger partial charge is 0.0625 e. The molecule has 0 aromatic carbocycles. The van der Waals surface area contributed by atoms with E-state index in [1.165, 1.54) is 25.7 Å². The number of fused-ring (bicyclic) bond motifs is 3. The highest BCUT2D eigenvalue weighted by atomic mass is 14.6. The molecule has 3 aliphatic carbocycles. The van der Waals surface area contributed by atoms with E-state index in [9.17, 15) is 0 Å². The highest BCUT2D eigenvalue weighted by molar-refractivity contribution is 5.01. The highest BCUT2D eigenvalue weighted by Gasteiger charge is 2.52. The molecule has 0 bridgehead atoms. The van der Waals surface area contributed by atoms with Gasteiger partial charge in [-0.05, 0) is 79.4 Å². The van der Waals surface area contributed by atoms with Crippen LogP contribution in [0.25, 0.3) is 0 Å². The standard InChI is InChI=1S/C19H34/c1-13(2)15-7-10-18-16(12-15)8-9-17-14(3)6-5-11-19(17,18)4/h13-18H,5-12H2,1-4H3/t14-,15-,16-,17+,18+,19-/m0/s1. The molecule has 0 saturated heterocycles. The van der Waals surface area contributed by atoms with E-state index in [2.05, 4.69) is 27.7 Å². The van der Waals surface area contributed by atoms with Crippen LogP contribution >= 0.6 is 0 Å². The average molecular weight is 262 g/mol. The van der Waals surface area contributed by atoms with Crippen molar-refractivity contribution in [1.29, 1.82) is 0 Å². The number of rotatable bonds is 1. The van der Waals surface area contributed by atoms with Gasteiger partial charge >= 0.3 is 0 Å².